The van der Waals surface area contributed by atoms with Crippen LogP contribution < -0.4 is 4.74 Å². The highest BCUT2D eigenvalue weighted by atomic mass is 19.4. The molecule has 0 aliphatic heterocycles. The smallest absolute Gasteiger partial charge is 0.416 e. The Bertz CT molecular complexity index is 1290. The number of ether oxygens (including phenoxy) is 1. The van der Waals surface area contributed by atoms with Crippen LogP contribution in [0.2, 0.25) is 0 Å². The van der Waals surface area contributed by atoms with E-state index in [1.807, 2.05) is 12.1 Å². The summed E-state index contributed by atoms with van der Waals surface area (Å²) >= 11 is 0. The summed E-state index contributed by atoms with van der Waals surface area (Å²) in [6.45, 7) is 1.80. The van der Waals surface area contributed by atoms with E-state index in [4.69, 9.17) is 4.74 Å². The first-order valence-corrected chi connectivity index (χ1v) is 10.0. The highest BCUT2D eigenvalue weighted by molar-refractivity contribution is 6.07. The number of hydrogen-bond donors (Lipinski definition) is 1. The van der Waals surface area contributed by atoms with Crippen molar-refractivity contribution >= 4 is 23.2 Å². The number of halogens is 4. The van der Waals surface area contributed by atoms with Crippen LogP contribution in [0.5, 0.6) is 11.5 Å². The zero-order valence-corrected chi connectivity index (χ0v) is 17.4. The van der Waals surface area contributed by atoms with Crippen LogP contribution in [0.1, 0.15) is 35.6 Å². The number of alkyl halides is 3. The van der Waals surface area contributed by atoms with Crippen molar-refractivity contribution in [1.29, 1.82) is 0 Å². The summed E-state index contributed by atoms with van der Waals surface area (Å²) < 4.78 is 57.8. The zero-order chi connectivity index (χ0) is 23.8. The molecule has 0 heterocycles. The Balaban J connectivity index is 1.66. The van der Waals surface area contributed by atoms with Gasteiger partial charge >= 0.3 is 12.1 Å². The van der Waals surface area contributed by atoms with Gasteiger partial charge in [-0.05, 0) is 94.9 Å². The molecule has 0 unspecified atom stereocenters. The molecule has 0 radical (unpaired) electrons. The maximum atomic E-state index is 13.8. The topological polar surface area (TPSA) is 46.5 Å². The monoisotopic (exact) mass is 454 g/mol. The predicted octanol–water partition coefficient (Wildman–Crippen LogP) is 7.44. The Morgan fingerprint density at radius 2 is 1.70 bits per heavy atom. The zero-order valence-electron chi connectivity index (χ0n) is 17.4. The van der Waals surface area contributed by atoms with Gasteiger partial charge in [-0.15, -0.1) is 0 Å². The lowest BCUT2D eigenvalue weighted by molar-refractivity contribution is -0.138. The first kappa shape index (κ1) is 22.3. The Labute approximate surface area is 187 Å². The van der Waals surface area contributed by atoms with Crippen molar-refractivity contribution < 1.29 is 32.2 Å². The summed E-state index contributed by atoms with van der Waals surface area (Å²) in [6.07, 6.45) is -2.80. The quantitative estimate of drug-likeness (QED) is 0.408. The number of allylic oxidation sites excluding steroid dienone is 2. The van der Waals surface area contributed by atoms with Crippen LogP contribution >= 0.6 is 0 Å². The highest BCUT2D eigenvalue weighted by Crippen LogP contribution is 2.44. The number of benzene rings is 3. The maximum Gasteiger partial charge on any atom is 0.416 e. The van der Waals surface area contributed by atoms with Gasteiger partial charge in [-0.3, -0.25) is 4.79 Å². The lowest BCUT2D eigenvalue weighted by Gasteiger charge is -2.10. The van der Waals surface area contributed by atoms with Crippen LogP contribution in [-0.2, 0) is 11.0 Å². The van der Waals surface area contributed by atoms with E-state index in [0.717, 1.165) is 34.4 Å². The normalized spacial score (nSPS) is 14.5. The van der Waals surface area contributed by atoms with Crippen molar-refractivity contribution in [3.8, 4) is 11.5 Å². The molecule has 0 fully saturated rings. The van der Waals surface area contributed by atoms with Gasteiger partial charge in [0.15, 0.2) is 0 Å². The van der Waals surface area contributed by atoms with Gasteiger partial charge in [0, 0.05) is 0 Å². The van der Waals surface area contributed by atoms with Crippen molar-refractivity contribution in [1.82, 2.24) is 0 Å². The van der Waals surface area contributed by atoms with E-state index in [2.05, 4.69) is 0 Å². The van der Waals surface area contributed by atoms with Crippen LogP contribution in [0.3, 0.4) is 0 Å². The van der Waals surface area contributed by atoms with Crippen LogP contribution in [0.15, 0.2) is 72.3 Å². The molecule has 3 aromatic carbocycles. The number of carbonyl (C=O) groups is 1. The molecule has 168 valence electrons. The molecule has 1 N–H and O–H groups in total. The van der Waals surface area contributed by atoms with Gasteiger partial charge in [-0.25, -0.2) is 4.39 Å². The second kappa shape index (κ2) is 8.58. The number of hydrogen-bond acceptors (Lipinski definition) is 2. The number of aliphatic carboxylic acids is 1. The van der Waals surface area contributed by atoms with Crippen molar-refractivity contribution in [3.63, 3.8) is 0 Å². The summed E-state index contributed by atoms with van der Waals surface area (Å²) in [5.41, 5.74) is 3.34. The molecule has 1 aliphatic rings. The largest absolute Gasteiger partial charge is 0.481 e. The summed E-state index contributed by atoms with van der Waals surface area (Å²) in [5.74, 6) is -0.770. The first-order valence-electron chi connectivity index (χ1n) is 10.0. The maximum absolute atomic E-state index is 13.8. The molecule has 0 saturated carbocycles. The fraction of sp³-hybridized carbons (Fsp3) is 0.115. The van der Waals surface area contributed by atoms with E-state index in [1.54, 1.807) is 31.2 Å². The molecule has 1 aliphatic carbocycles. The van der Waals surface area contributed by atoms with Crippen LogP contribution in [0.25, 0.3) is 17.2 Å². The van der Waals surface area contributed by atoms with E-state index in [1.165, 1.54) is 24.3 Å². The van der Waals surface area contributed by atoms with E-state index >= 15 is 0 Å². The molecular weight excluding hydrogens is 436 g/mol. The molecular formula is C26H18F4O3. The van der Waals surface area contributed by atoms with Crippen LogP contribution in [-0.4, -0.2) is 11.1 Å². The summed E-state index contributed by atoms with van der Waals surface area (Å²) in [4.78, 5) is 11.3. The van der Waals surface area contributed by atoms with Crippen molar-refractivity contribution in [2.45, 2.75) is 19.5 Å². The van der Waals surface area contributed by atoms with Gasteiger partial charge in [-0.1, -0.05) is 18.2 Å². The average molecular weight is 454 g/mol. The molecule has 7 heteroatoms. The standard InChI is InChI=1S/C26H18F4O3/c1-15-22(21-10-7-18(27)13-24(21)23(15)14-25(31)32)12-16-3-2-4-20(11-16)33-19-8-5-17(6-9-19)26(28,29)30/h2-13H,14H2,1H3,(H,31,32)/b22-12-. The minimum absolute atomic E-state index is 0.225. The fourth-order valence-corrected chi connectivity index (χ4v) is 3.82. The van der Waals surface area contributed by atoms with E-state index in [9.17, 15) is 27.5 Å². The Hall–Kier alpha value is -3.87. The summed E-state index contributed by atoms with van der Waals surface area (Å²) in [5, 5.41) is 9.27. The third kappa shape index (κ3) is 4.82. The van der Waals surface area contributed by atoms with Gasteiger partial charge in [0.2, 0.25) is 0 Å². The Morgan fingerprint density at radius 3 is 2.36 bits per heavy atom. The minimum atomic E-state index is -4.42. The second-order valence-electron chi connectivity index (χ2n) is 7.62. The molecule has 0 aromatic heterocycles. The predicted molar refractivity (Wildman–Crippen MR) is 117 cm³/mol. The number of carboxylic acids is 1. The third-order valence-corrected chi connectivity index (χ3v) is 5.37. The van der Waals surface area contributed by atoms with Gasteiger partial charge in [0.05, 0.1) is 12.0 Å². The number of rotatable bonds is 5. The minimum Gasteiger partial charge on any atom is -0.481 e. The van der Waals surface area contributed by atoms with E-state index in [0.29, 0.717) is 16.9 Å². The molecule has 33 heavy (non-hydrogen) atoms. The van der Waals surface area contributed by atoms with E-state index in [-0.39, 0.29) is 12.2 Å². The number of fused-ring (bicyclic) bond motifs is 1. The third-order valence-electron chi connectivity index (χ3n) is 5.37. The van der Waals surface area contributed by atoms with Gasteiger partial charge in [-0.2, -0.15) is 13.2 Å². The SMILES string of the molecule is CC1=C(CC(=O)O)c2cc(F)ccc2/C1=C\c1cccc(Oc2ccc(C(F)(F)F)cc2)c1. The molecule has 0 saturated heterocycles. The molecule has 0 bridgehead atoms. The number of carboxylic acid groups (broad SMARTS) is 1. The average Bonchev–Trinajstić information content (AvgIpc) is 2.98. The molecule has 4 rings (SSSR count). The van der Waals surface area contributed by atoms with E-state index < -0.39 is 23.5 Å². The van der Waals surface area contributed by atoms with Crippen molar-refractivity contribution in [2.24, 2.45) is 0 Å². The Morgan fingerprint density at radius 1 is 0.970 bits per heavy atom. The molecule has 0 atom stereocenters. The molecule has 3 aromatic rings. The summed E-state index contributed by atoms with van der Waals surface area (Å²) in [6, 6.07) is 15.6. The van der Waals surface area contributed by atoms with Gasteiger partial charge in [0.25, 0.3) is 0 Å². The summed E-state index contributed by atoms with van der Waals surface area (Å²) in [7, 11) is 0. The van der Waals surface area contributed by atoms with Crippen LogP contribution in [0, 0.1) is 5.82 Å². The Kier molecular flexibility index (Phi) is 5.80. The van der Waals surface area contributed by atoms with Gasteiger partial charge < -0.3 is 9.84 Å². The lowest BCUT2D eigenvalue weighted by Crippen LogP contribution is -2.03. The fourth-order valence-electron chi connectivity index (χ4n) is 3.82. The molecule has 3 nitrogen and oxygen atoms in total. The highest BCUT2D eigenvalue weighted by Gasteiger charge is 2.30. The van der Waals surface area contributed by atoms with Crippen molar-refractivity contribution in [2.75, 3.05) is 0 Å². The second-order valence-corrected chi connectivity index (χ2v) is 7.62. The first-order chi connectivity index (χ1) is 15.6. The molecule has 0 spiro atoms. The van der Waals surface area contributed by atoms with Gasteiger partial charge in [0.1, 0.15) is 17.3 Å². The lowest BCUT2D eigenvalue weighted by atomic mass is 10.0. The molecule has 0 amide bonds. The van der Waals surface area contributed by atoms with Crippen LogP contribution in [0.4, 0.5) is 17.6 Å². The van der Waals surface area contributed by atoms with Crippen molar-refractivity contribution in [3.05, 3.63) is 100 Å².